The summed E-state index contributed by atoms with van der Waals surface area (Å²) in [5.41, 5.74) is 0.0886. The molecule has 0 aliphatic heterocycles. The van der Waals surface area contributed by atoms with Crippen molar-refractivity contribution in [1.82, 2.24) is 0 Å². The summed E-state index contributed by atoms with van der Waals surface area (Å²) in [4.78, 5) is 11.2. The number of carboxylic acids is 1. The van der Waals surface area contributed by atoms with E-state index in [-0.39, 0.29) is 11.3 Å². The Morgan fingerprint density at radius 1 is 1.15 bits per heavy atom. The van der Waals surface area contributed by atoms with Crippen molar-refractivity contribution in [1.29, 1.82) is 0 Å². The van der Waals surface area contributed by atoms with Crippen molar-refractivity contribution in [2.24, 2.45) is 0 Å². The van der Waals surface area contributed by atoms with E-state index in [1.807, 2.05) is 13.0 Å². The fourth-order valence-electron chi connectivity index (χ4n) is 1.69. The van der Waals surface area contributed by atoms with Gasteiger partial charge in [0.15, 0.2) is 11.5 Å². The molecular weight excluding hydrogens is 324 g/mol. The molecule has 0 radical (unpaired) electrons. The van der Waals surface area contributed by atoms with Gasteiger partial charge < -0.3 is 14.6 Å². The molecule has 0 saturated carbocycles. The first-order valence-electron chi connectivity index (χ1n) is 6.04. The van der Waals surface area contributed by atoms with Crippen LogP contribution in [0, 0.1) is 0 Å². The Morgan fingerprint density at radius 3 is 2.50 bits per heavy atom. The first kappa shape index (κ1) is 14.4. The molecule has 1 N–H and O–H groups in total. The number of aromatic carboxylic acids is 1. The molecule has 0 aromatic heterocycles. The molecule has 0 bridgehead atoms. The van der Waals surface area contributed by atoms with E-state index in [9.17, 15) is 9.90 Å². The number of rotatable bonds is 5. The average molecular weight is 337 g/mol. The first-order chi connectivity index (χ1) is 9.61. The Morgan fingerprint density at radius 2 is 1.85 bits per heavy atom. The first-order valence-corrected chi connectivity index (χ1v) is 6.83. The molecule has 4 nitrogen and oxygen atoms in total. The third-order valence-electron chi connectivity index (χ3n) is 2.54. The minimum Gasteiger partial charge on any atom is -0.490 e. The van der Waals surface area contributed by atoms with E-state index in [1.54, 1.807) is 30.3 Å². The van der Waals surface area contributed by atoms with E-state index in [1.165, 1.54) is 6.07 Å². The van der Waals surface area contributed by atoms with E-state index in [0.29, 0.717) is 22.6 Å². The molecule has 0 aliphatic rings. The predicted octanol–water partition coefficient (Wildman–Crippen LogP) is 4.34. The highest BCUT2D eigenvalue weighted by molar-refractivity contribution is 9.10. The molecule has 0 atom stereocenters. The van der Waals surface area contributed by atoms with Gasteiger partial charge in [0.05, 0.1) is 6.61 Å². The normalized spacial score (nSPS) is 10.1. The van der Waals surface area contributed by atoms with E-state index in [0.717, 1.165) is 0 Å². The van der Waals surface area contributed by atoms with Crippen molar-refractivity contribution in [2.45, 2.75) is 6.92 Å². The molecule has 0 spiro atoms. The van der Waals surface area contributed by atoms with Crippen molar-refractivity contribution in [3.8, 4) is 17.2 Å². The Balaban J connectivity index is 2.37. The van der Waals surface area contributed by atoms with Gasteiger partial charge in [-0.2, -0.15) is 0 Å². The second kappa shape index (κ2) is 6.43. The fourth-order valence-corrected chi connectivity index (χ4v) is 2.05. The summed E-state index contributed by atoms with van der Waals surface area (Å²) >= 11 is 3.25. The summed E-state index contributed by atoms with van der Waals surface area (Å²) in [5.74, 6) is 0.288. The van der Waals surface area contributed by atoms with Gasteiger partial charge in [0.1, 0.15) is 11.3 Å². The summed E-state index contributed by atoms with van der Waals surface area (Å²) in [6.07, 6.45) is 0. The van der Waals surface area contributed by atoms with Gasteiger partial charge in [-0.25, -0.2) is 4.79 Å². The Hall–Kier alpha value is -2.01. The number of ether oxygens (including phenoxy) is 2. The zero-order chi connectivity index (χ0) is 14.5. The molecule has 0 saturated heterocycles. The summed E-state index contributed by atoms with van der Waals surface area (Å²) < 4.78 is 11.8. The van der Waals surface area contributed by atoms with Crippen LogP contribution in [0.1, 0.15) is 17.3 Å². The molecule has 0 fully saturated rings. The standard InChI is InChI=1S/C15H13BrO4/c1-2-19-13-5-3-4-6-14(13)20-12-8-7-10(16)9-11(12)15(17)18/h3-9H,2H2,1H3,(H,17,18). The minimum absolute atomic E-state index is 0.0886. The molecule has 0 heterocycles. The quantitative estimate of drug-likeness (QED) is 0.882. The van der Waals surface area contributed by atoms with E-state index in [2.05, 4.69) is 15.9 Å². The maximum atomic E-state index is 11.2. The number of hydrogen-bond acceptors (Lipinski definition) is 3. The fraction of sp³-hybridized carbons (Fsp3) is 0.133. The average Bonchev–Trinajstić information content (AvgIpc) is 2.43. The van der Waals surface area contributed by atoms with Crippen LogP contribution in [0.25, 0.3) is 0 Å². The second-order valence-electron chi connectivity index (χ2n) is 3.93. The molecule has 5 heteroatoms. The monoisotopic (exact) mass is 336 g/mol. The lowest BCUT2D eigenvalue weighted by atomic mass is 10.2. The van der Waals surface area contributed by atoms with Gasteiger partial charge in [0.25, 0.3) is 0 Å². The number of halogens is 1. The number of carbonyl (C=O) groups is 1. The Kier molecular flexibility index (Phi) is 4.63. The molecule has 20 heavy (non-hydrogen) atoms. The van der Waals surface area contributed by atoms with E-state index < -0.39 is 5.97 Å². The third kappa shape index (κ3) is 3.30. The number of hydrogen-bond donors (Lipinski definition) is 1. The zero-order valence-corrected chi connectivity index (χ0v) is 12.4. The summed E-state index contributed by atoms with van der Waals surface area (Å²) in [6.45, 7) is 2.38. The third-order valence-corrected chi connectivity index (χ3v) is 3.03. The summed E-state index contributed by atoms with van der Waals surface area (Å²) in [5, 5.41) is 9.21. The van der Waals surface area contributed by atoms with Crippen LogP contribution in [0.5, 0.6) is 17.2 Å². The molecule has 2 rings (SSSR count). The van der Waals surface area contributed by atoms with Gasteiger partial charge in [-0.3, -0.25) is 0 Å². The van der Waals surface area contributed by atoms with E-state index >= 15 is 0 Å². The van der Waals surface area contributed by atoms with Crippen molar-refractivity contribution < 1.29 is 19.4 Å². The molecular formula is C15H13BrO4. The zero-order valence-electron chi connectivity index (χ0n) is 10.8. The van der Waals surface area contributed by atoms with Crippen molar-refractivity contribution in [3.63, 3.8) is 0 Å². The van der Waals surface area contributed by atoms with Crippen LogP contribution in [0.4, 0.5) is 0 Å². The second-order valence-corrected chi connectivity index (χ2v) is 4.84. The molecule has 0 amide bonds. The highest BCUT2D eigenvalue weighted by Gasteiger charge is 2.14. The lowest BCUT2D eigenvalue weighted by Crippen LogP contribution is -2.01. The van der Waals surface area contributed by atoms with E-state index in [4.69, 9.17) is 9.47 Å². The van der Waals surface area contributed by atoms with Crippen LogP contribution in [-0.4, -0.2) is 17.7 Å². The largest absolute Gasteiger partial charge is 0.490 e. The van der Waals surface area contributed by atoms with Gasteiger partial charge in [-0.05, 0) is 37.3 Å². The lowest BCUT2D eigenvalue weighted by molar-refractivity contribution is 0.0694. The van der Waals surface area contributed by atoms with Crippen LogP contribution < -0.4 is 9.47 Å². The van der Waals surface area contributed by atoms with Crippen LogP contribution >= 0.6 is 15.9 Å². The minimum atomic E-state index is -1.05. The highest BCUT2D eigenvalue weighted by Crippen LogP contribution is 2.34. The lowest BCUT2D eigenvalue weighted by Gasteiger charge is -2.13. The highest BCUT2D eigenvalue weighted by atomic mass is 79.9. The maximum absolute atomic E-state index is 11.2. The van der Waals surface area contributed by atoms with Crippen LogP contribution in [0.3, 0.4) is 0 Å². The SMILES string of the molecule is CCOc1ccccc1Oc1ccc(Br)cc1C(=O)O. The smallest absolute Gasteiger partial charge is 0.339 e. The number of carboxylic acid groups (broad SMARTS) is 1. The van der Waals surface area contributed by atoms with Crippen LogP contribution in [-0.2, 0) is 0 Å². The van der Waals surface area contributed by atoms with Gasteiger partial charge in [0.2, 0.25) is 0 Å². The predicted molar refractivity (Wildman–Crippen MR) is 78.8 cm³/mol. The number of benzene rings is 2. The number of para-hydroxylation sites is 2. The van der Waals surface area contributed by atoms with Gasteiger partial charge in [-0.15, -0.1) is 0 Å². The molecule has 0 aliphatic carbocycles. The van der Waals surface area contributed by atoms with Crippen LogP contribution in [0.2, 0.25) is 0 Å². The molecule has 2 aromatic carbocycles. The molecule has 2 aromatic rings. The van der Waals surface area contributed by atoms with Crippen molar-refractivity contribution >= 4 is 21.9 Å². The maximum Gasteiger partial charge on any atom is 0.339 e. The summed E-state index contributed by atoms with van der Waals surface area (Å²) in [7, 11) is 0. The Bertz CT molecular complexity index is 625. The topological polar surface area (TPSA) is 55.8 Å². The van der Waals surface area contributed by atoms with Gasteiger partial charge >= 0.3 is 5.97 Å². The van der Waals surface area contributed by atoms with Crippen LogP contribution in [0.15, 0.2) is 46.9 Å². The van der Waals surface area contributed by atoms with Gasteiger partial charge in [0, 0.05) is 4.47 Å². The van der Waals surface area contributed by atoms with Crippen molar-refractivity contribution in [2.75, 3.05) is 6.61 Å². The van der Waals surface area contributed by atoms with Gasteiger partial charge in [-0.1, -0.05) is 28.1 Å². The van der Waals surface area contributed by atoms with Crippen molar-refractivity contribution in [3.05, 3.63) is 52.5 Å². The molecule has 0 unspecified atom stereocenters. The molecule has 104 valence electrons. The Labute approximate surface area is 125 Å². The summed E-state index contributed by atoms with van der Waals surface area (Å²) in [6, 6.07) is 12.0.